The molecule has 1 aromatic heterocycles. The summed E-state index contributed by atoms with van der Waals surface area (Å²) < 4.78 is 2.22. The van der Waals surface area contributed by atoms with Crippen LogP contribution < -0.4 is 0 Å². The molecule has 1 heteroatoms. The van der Waals surface area contributed by atoms with Crippen LogP contribution in [0.25, 0.3) is 39.1 Å². The van der Waals surface area contributed by atoms with Gasteiger partial charge in [-0.2, -0.15) is 0 Å². The van der Waals surface area contributed by atoms with Crippen LogP contribution in [0.15, 0.2) is 128 Å². The molecule has 0 atom stereocenters. The normalized spacial score (nSPS) is 10.8. The van der Waals surface area contributed by atoms with Crippen LogP contribution in [0.5, 0.6) is 0 Å². The molecule has 0 saturated carbocycles. The molecule has 0 aliphatic rings. The van der Waals surface area contributed by atoms with Gasteiger partial charge in [0.2, 0.25) is 0 Å². The second-order valence-electron chi connectivity index (χ2n) is 7.14. The Morgan fingerprint density at radius 2 is 0.724 bits per heavy atom. The van der Waals surface area contributed by atoms with Crippen molar-refractivity contribution in [1.29, 1.82) is 0 Å². The van der Waals surface area contributed by atoms with E-state index in [9.17, 15) is 0 Å². The Balaban J connectivity index is 1.58. The van der Waals surface area contributed by atoms with Gasteiger partial charge in [-0.1, -0.05) is 103 Å². The molecule has 0 spiro atoms. The summed E-state index contributed by atoms with van der Waals surface area (Å²) in [4.78, 5) is 0. The van der Waals surface area contributed by atoms with Crippen molar-refractivity contribution in [3.63, 3.8) is 0 Å². The fourth-order valence-electron chi connectivity index (χ4n) is 3.76. The predicted molar refractivity (Wildman–Crippen MR) is 122 cm³/mol. The van der Waals surface area contributed by atoms with Crippen LogP contribution in [0.3, 0.4) is 0 Å². The number of hydrogen-bond donors (Lipinski definition) is 0. The molecule has 0 fully saturated rings. The molecule has 0 aliphatic carbocycles. The van der Waals surface area contributed by atoms with Crippen molar-refractivity contribution in [2.45, 2.75) is 0 Å². The van der Waals surface area contributed by atoms with Gasteiger partial charge in [0, 0.05) is 29.2 Å². The first kappa shape index (κ1) is 17.3. The largest absolute Gasteiger partial charge is 0.323 e. The molecule has 0 bridgehead atoms. The predicted octanol–water partition coefficient (Wildman–Crippen LogP) is 7.48. The average molecular weight is 371 g/mol. The van der Waals surface area contributed by atoms with E-state index >= 15 is 0 Å². The number of rotatable bonds is 4. The van der Waals surface area contributed by atoms with Crippen LogP contribution in [0, 0.1) is 0 Å². The van der Waals surface area contributed by atoms with E-state index in [1.165, 1.54) is 33.4 Å². The molecule has 29 heavy (non-hydrogen) atoms. The summed E-state index contributed by atoms with van der Waals surface area (Å²) in [6.07, 6.45) is 4.46. The topological polar surface area (TPSA) is 4.93 Å². The standard InChI is InChI=1S/C28H21N/c1-4-10-22(11-5-1)23-16-18-26(19-17-23)29-20-27(24-12-6-2-7-13-24)28(21-29)25-14-8-3-9-15-25/h1-21H. The zero-order chi connectivity index (χ0) is 19.5. The van der Waals surface area contributed by atoms with Gasteiger partial charge in [-0.05, 0) is 34.4 Å². The average Bonchev–Trinajstić information content (AvgIpc) is 3.27. The summed E-state index contributed by atoms with van der Waals surface area (Å²) in [5.41, 5.74) is 8.56. The molecular formula is C28H21N. The van der Waals surface area contributed by atoms with E-state index in [0.717, 1.165) is 5.69 Å². The minimum atomic E-state index is 1.16. The Morgan fingerprint density at radius 1 is 0.345 bits per heavy atom. The molecule has 0 N–H and O–H groups in total. The first-order chi connectivity index (χ1) is 14.4. The van der Waals surface area contributed by atoms with Crippen molar-refractivity contribution >= 4 is 0 Å². The Hall–Kier alpha value is -3.84. The fourth-order valence-corrected chi connectivity index (χ4v) is 3.76. The second-order valence-corrected chi connectivity index (χ2v) is 7.14. The Bertz CT molecular complexity index is 1150. The summed E-state index contributed by atoms with van der Waals surface area (Å²) in [7, 11) is 0. The summed E-state index contributed by atoms with van der Waals surface area (Å²) >= 11 is 0. The van der Waals surface area contributed by atoms with E-state index in [0.29, 0.717) is 0 Å². The summed E-state index contributed by atoms with van der Waals surface area (Å²) in [5.74, 6) is 0. The molecule has 5 rings (SSSR count). The molecule has 4 aromatic carbocycles. The minimum absolute atomic E-state index is 1.16. The third kappa shape index (κ3) is 3.51. The smallest absolute Gasteiger partial charge is 0.0450 e. The lowest BCUT2D eigenvalue weighted by Crippen LogP contribution is -1.89. The van der Waals surface area contributed by atoms with Gasteiger partial charge in [0.1, 0.15) is 0 Å². The molecule has 1 nitrogen and oxygen atoms in total. The van der Waals surface area contributed by atoms with Gasteiger partial charge < -0.3 is 4.57 Å². The third-order valence-corrected chi connectivity index (χ3v) is 5.27. The monoisotopic (exact) mass is 371 g/mol. The van der Waals surface area contributed by atoms with E-state index in [4.69, 9.17) is 0 Å². The molecule has 5 aromatic rings. The fraction of sp³-hybridized carbons (Fsp3) is 0. The maximum atomic E-state index is 2.23. The van der Waals surface area contributed by atoms with Gasteiger partial charge in [-0.25, -0.2) is 0 Å². The number of nitrogens with zero attached hydrogens (tertiary/aromatic N) is 1. The maximum Gasteiger partial charge on any atom is 0.0450 e. The minimum Gasteiger partial charge on any atom is -0.323 e. The van der Waals surface area contributed by atoms with E-state index < -0.39 is 0 Å². The van der Waals surface area contributed by atoms with Crippen molar-refractivity contribution in [1.82, 2.24) is 4.57 Å². The zero-order valence-electron chi connectivity index (χ0n) is 16.1. The van der Waals surface area contributed by atoms with Gasteiger partial charge in [0.15, 0.2) is 0 Å². The first-order valence-electron chi connectivity index (χ1n) is 9.87. The highest BCUT2D eigenvalue weighted by molar-refractivity contribution is 5.83. The Morgan fingerprint density at radius 3 is 1.17 bits per heavy atom. The molecule has 0 radical (unpaired) electrons. The van der Waals surface area contributed by atoms with Gasteiger partial charge in [-0.3, -0.25) is 0 Å². The second kappa shape index (κ2) is 7.65. The van der Waals surface area contributed by atoms with Crippen LogP contribution in [-0.2, 0) is 0 Å². The molecule has 1 heterocycles. The van der Waals surface area contributed by atoms with Crippen molar-refractivity contribution in [3.05, 3.63) is 128 Å². The van der Waals surface area contributed by atoms with E-state index in [-0.39, 0.29) is 0 Å². The first-order valence-corrected chi connectivity index (χ1v) is 9.87. The van der Waals surface area contributed by atoms with E-state index in [2.05, 4.69) is 126 Å². The van der Waals surface area contributed by atoms with Crippen molar-refractivity contribution in [3.8, 4) is 39.1 Å². The molecule has 0 saturated heterocycles. The Kier molecular flexibility index (Phi) is 4.56. The van der Waals surface area contributed by atoms with Gasteiger partial charge in [0.25, 0.3) is 0 Å². The molecule has 138 valence electrons. The van der Waals surface area contributed by atoms with Crippen LogP contribution >= 0.6 is 0 Å². The zero-order valence-corrected chi connectivity index (χ0v) is 16.1. The quantitative estimate of drug-likeness (QED) is 0.309. The summed E-state index contributed by atoms with van der Waals surface area (Å²) in [5, 5.41) is 0. The highest BCUT2D eigenvalue weighted by atomic mass is 14.9. The highest BCUT2D eigenvalue weighted by Crippen LogP contribution is 2.34. The lowest BCUT2D eigenvalue weighted by Gasteiger charge is -2.06. The van der Waals surface area contributed by atoms with E-state index in [1.54, 1.807) is 0 Å². The van der Waals surface area contributed by atoms with Crippen molar-refractivity contribution in [2.75, 3.05) is 0 Å². The summed E-state index contributed by atoms with van der Waals surface area (Å²) in [6.45, 7) is 0. The van der Waals surface area contributed by atoms with Gasteiger partial charge in [-0.15, -0.1) is 0 Å². The Labute approximate surface area is 171 Å². The SMILES string of the molecule is c1ccc(-c2ccc(-n3cc(-c4ccccc4)c(-c4ccccc4)c3)cc2)cc1. The molecular weight excluding hydrogens is 350 g/mol. The highest BCUT2D eigenvalue weighted by Gasteiger charge is 2.12. The molecule has 0 unspecified atom stereocenters. The number of aromatic nitrogens is 1. The van der Waals surface area contributed by atoms with E-state index in [1.807, 2.05) is 6.07 Å². The van der Waals surface area contributed by atoms with Crippen LogP contribution in [0.2, 0.25) is 0 Å². The van der Waals surface area contributed by atoms with Gasteiger partial charge >= 0.3 is 0 Å². The molecule has 0 aliphatic heterocycles. The number of hydrogen-bond acceptors (Lipinski definition) is 0. The summed E-state index contributed by atoms with van der Waals surface area (Å²) in [6, 6.07) is 40.4. The molecule has 0 amide bonds. The van der Waals surface area contributed by atoms with Crippen LogP contribution in [-0.4, -0.2) is 4.57 Å². The maximum absolute atomic E-state index is 2.23. The lowest BCUT2D eigenvalue weighted by molar-refractivity contribution is 1.08. The third-order valence-electron chi connectivity index (χ3n) is 5.27. The van der Waals surface area contributed by atoms with Crippen molar-refractivity contribution in [2.24, 2.45) is 0 Å². The van der Waals surface area contributed by atoms with Crippen LogP contribution in [0.1, 0.15) is 0 Å². The number of benzene rings is 4. The van der Waals surface area contributed by atoms with Crippen LogP contribution in [0.4, 0.5) is 0 Å². The lowest BCUT2D eigenvalue weighted by atomic mass is 9.99. The van der Waals surface area contributed by atoms with Gasteiger partial charge in [0.05, 0.1) is 0 Å². The van der Waals surface area contributed by atoms with Crippen molar-refractivity contribution < 1.29 is 0 Å².